The van der Waals surface area contributed by atoms with E-state index in [1.165, 1.54) is 25.3 Å². The third-order valence-electron chi connectivity index (χ3n) is 3.64. The van der Waals surface area contributed by atoms with E-state index >= 15 is 0 Å². The Kier molecular flexibility index (Phi) is 6.76. The molecule has 0 heterocycles. The van der Waals surface area contributed by atoms with Crippen LogP contribution in [-0.4, -0.2) is 19.9 Å². The molecule has 0 aliphatic rings. The van der Waals surface area contributed by atoms with E-state index in [1.807, 2.05) is 0 Å². The highest BCUT2D eigenvalue weighted by Gasteiger charge is 2.33. The van der Waals surface area contributed by atoms with Crippen molar-refractivity contribution in [3.63, 3.8) is 0 Å². The zero-order chi connectivity index (χ0) is 20.9. The lowest BCUT2D eigenvalue weighted by molar-refractivity contribution is -0.153. The van der Waals surface area contributed by atoms with Crippen LogP contribution in [0.2, 0.25) is 0 Å². The van der Waals surface area contributed by atoms with Crippen molar-refractivity contribution in [3.05, 3.63) is 58.9 Å². The molecule has 2 aromatic rings. The monoisotopic (exact) mass is 411 g/mol. The number of hydrogen-bond acceptors (Lipinski definition) is 3. The van der Waals surface area contributed by atoms with Gasteiger partial charge in [-0.15, -0.1) is 0 Å². The lowest BCUT2D eigenvalue weighted by Crippen LogP contribution is -2.19. The standard InChI is InChI=1S/C18H16F7NO2/c1-27-16-6-11(2-5-15(16)28-10-17(20,21)22)8-26-9-12-3-4-13(19)7-14(12)18(23,24)25/h2-7,26H,8-10H2,1H3. The molecule has 0 bridgehead atoms. The fourth-order valence-corrected chi connectivity index (χ4v) is 2.41. The summed E-state index contributed by atoms with van der Waals surface area (Å²) in [5, 5.41) is 2.78. The Bertz CT molecular complexity index is 803. The first-order chi connectivity index (χ1) is 13.0. The fraction of sp³-hybridized carbons (Fsp3) is 0.333. The molecule has 0 saturated heterocycles. The van der Waals surface area contributed by atoms with Crippen molar-refractivity contribution < 1.29 is 40.2 Å². The molecule has 154 valence electrons. The number of nitrogens with one attached hydrogen (secondary N) is 1. The van der Waals surface area contributed by atoms with Gasteiger partial charge in [-0.3, -0.25) is 0 Å². The minimum absolute atomic E-state index is 0.0568. The Morgan fingerprint density at radius 2 is 1.61 bits per heavy atom. The molecule has 28 heavy (non-hydrogen) atoms. The van der Waals surface area contributed by atoms with Crippen molar-refractivity contribution in [2.45, 2.75) is 25.4 Å². The van der Waals surface area contributed by atoms with Crippen LogP contribution in [0.25, 0.3) is 0 Å². The summed E-state index contributed by atoms with van der Waals surface area (Å²) < 4.78 is 98.4. The van der Waals surface area contributed by atoms with Gasteiger partial charge in [-0.25, -0.2) is 4.39 Å². The average Bonchev–Trinajstić information content (AvgIpc) is 2.60. The summed E-state index contributed by atoms with van der Waals surface area (Å²) in [6, 6.07) is 6.54. The van der Waals surface area contributed by atoms with E-state index in [2.05, 4.69) is 10.1 Å². The van der Waals surface area contributed by atoms with Crippen molar-refractivity contribution >= 4 is 0 Å². The van der Waals surface area contributed by atoms with Crippen molar-refractivity contribution in [3.8, 4) is 11.5 Å². The van der Waals surface area contributed by atoms with Gasteiger partial charge >= 0.3 is 12.4 Å². The predicted molar refractivity (Wildman–Crippen MR) is 86.5 cm³/mol. The van der Waals surface area contributed by atoms with Crippen LogP contribution in [-0.2, 0) is 19.3 Å². The first-order valence-electron chi connectivity index (χ1n) is 7.92. The molecule has 0 aromatic heterocycles. The Balaban J connectivity index is 2.04. The maximum Gasteiger partial charge on any atom is 0.422 e. The van der Waals surface area contributed by atoms with Crippen molar-refractivity contribution in [2.75, 3.05) is 13.7 Å². The molecule has 0 fully saturated rings. The Hall–Kier alpha value is -2.49. The first kappa shape index (κ1) is 21.8. The fourth-order valence-electron chi connectivity index (χ4n) is 2.41. The van der Waals surface area contributed by atoms with Crippen LogP contribution >= 0.6 is 0 Å². The predicted octanol–water partition coefficient (Wildman–Crippen LogP) is 5.08. The summed E-state index contributed by atoms with van der Waals surface area (Å²) >= 11 is 0. The largest absolute Gasteiger partial charge is 0.493 e. The van der Waals surface area contributed by atoms with Gasteiger partial charge in [-0.05, 0) is 35.4 Å². The number of alkyl halides is 6. The third kappa shape index (κ3) is 6.29. The molecule has 1 N–H and O–H groups in total. The zero-order valence-corrected chi connectivity index (χ0v) is 14.5. The van der Waals surface area contributed by atoms with Gasteiger partial charge in [0.25, 0.3) is 0 Å². The Morgan fingerprint density at radius 3 is 2.21 bits per heavy atom. The molecule has 0 amide bonds. The highest BCUT2D eigenvalue weighted by Crippen LogP contribution is 2.33. The molecule has 0 aliphatic carbocycles. The molecular weight excluding hydrogens is 395 g/mol. The van der Waals surface area contributed by atoms with E-state index in [1.54, 1.807) is 0 Å². The summed E-state index contributed by atoms with van der Waals surface area (Å²) in [6.07, 6.45) is -9.20. The Morgan fingerprint density at radius 1 is 0.893 bits per heavy atom. The van der Waals surface area contributed by atoms with Gasteiger partial charge < -0.3 is 14.8 Å². The van der Waals surface area contributed by atoms with Crippen molar-refractivity contribution in [2.24, 2.45) is 0 Å². The van der Waals surface area contributed by atoms with Gasteiger partial charge in [0.1, 0.15) is 5.82 Å². The van der Waals surface area contributed by atoms with Gasteiger partial charge in [0.2, 0.25) is 0 Å². The smallest absolute Gasteiger partial charge is 0.422 e. The summed E-state index contributed by atoms with van der Waals surface area (Å²) in [6.45, 7) is -1.57. The molecule has 2 aromatic carbocycles. The topological polar surface area (TPSA) is 30.5 Å². The normalized spacial score (nSPS) is 12.1. The van der Waals surface area contributed by atoms with E-state index in [4.69, 9.17) is 4.74 Å². The van der Waals surface area contributed by atoms with Crippen LogP contribution in [0.15, 0.2) is 36.4 Å². The highest BCUT2D eigenvalue weighted by atomic mass is 19.4. The van der Waals surface area contributed by atoms with Crippen molar-refractivity contribution in [1.82, 2.24) is 5.32 Å². The lowest BCUT2D eigenvalue weighted by atomic mass is 10.1. The number of rotatable bonds is 7. The maximum absolute atomic E-state index is 13.1. The molecule has 10 heteroatoms. The second-order valence-corrected chi connectivity index (χ2v) is 5.79. The molecule has 3 nitrogen and oxygen atoms in total. The van der Waals surface area contributed by atoms with E-state index in [0.29, 0.717) is 11.6 Å². The Labute approximate surface area is 156 Å². The van der Waals surface area contributed by atoms with Gasteiger partial charge in [0, 0.05) is 13.1 Å². The number of methoxy groups -OCH3 is 1. The zero-order valence-electron chi connectivity index (χ0n) is 14.5. The van der Waals surface area contributed by atoms with Gasteiger partial charge in [0.15, 0.2) is 18.1 Å². The van der Waals surface area contributed by atoms with Crippen LogP contribution in [0.4, 0.5) is 30.7 Å². The molecule has 0 aliphatic heterocycles. The summed E-state index contributed by atoms with van der Waals surface area (Å²) in [5.41, 5.74) is -0.661. The van der Waals surface area contributed by atoms with E-state index in [-0.39, 0.29) is 30.2 Å². The molecule has 0 radical (unpaired) electrons. The van der Waals surface area contributed by atoms with Crippen molar-refractivity contribution in [1.29, 1.82) is 0 Å². The second-order valence-electron chi connectivity index (χ2n) is 5.79. The van der Waals surface area contributed by atoms with Crippen LogP contribution < -0.4 is 14.8 Å². The average molecular weight is 411 g/mol. The third-order valence-corrected chi connectivity index (χ3v) is 3.64. The van der Waals surface area contributed by atoms with Gasteiger partial charge in [0.05, 0.1) is 12.7 Å². The highest BCUT2D eigenvalue weighted by molar-refractivity contribution is 5.43. The summed E-state index contributed by atoms with van der Waals surface area (Å²) in [4.78, 5) is 0. The van der Waals surface area contributed by atoms with E-state index < -0.39 is 30.3 Å². The van der Waals surface area contributed by atoms with Crippen LogP contribution in [0.3, 0.4) is 0 Å². The van der Waals surface area contributed by atoms with Crippen LogP contribution in [0.1, 0.15) is 16.7 Å². The van der Waals surface area contributed by atoms with Gasteiger partial charge in [-0.2, -0.15) is 26.3 Å². The molecule has 0 unspecified atom stereocenters. The number of hydrogen-bond donors (Lipinski definition) is 1. The first-order valence-corrected chi connectivity index (χ1v) is 7.92. The van der Waals surface area contributed by atoms with E-state index in [9.17, 15) is 30.7 Å². The number of benzene rings is 2. The van der Waals surface area contributed by atoms with Gasteiger partial charge in [-0.1, -0.05) is 12.1 Å². The molecular formula is C18H16F7NO2. The SMILES string of the molecule is COc1cc(CNCc2ccc(F)cc2C(F)(F)F)ccc1OCC(F)(F)F. The van der Waals surface area contributed by atoms with Crippen LogP contribution in [0.5, 0.6) is 11.5 Å². The molecule has 0 saturated carbocycles. The second kappa shape index (κ2) is 8.68. The quantitative estimate of drug-likeness (QED) is 0.645. The molecule has 0 atom stereocenters. The number of ether oxygens (including phenoxy) is 2. The minimum atomic E-state index is -4.69. The lowest BCUT2D eigenvalue weighted by Gasteiger charge is -2.15. The molecule has 0 spiro atoms. The minimum Gasteiger partial charge on any atom is -0.493 e. The molecule has 2 rings (SSSR count). The summed E-state index contributed by atoms with van der Waals surface area (Å²) in [5.74, 6) is -1.04. The maximum atomic E-state index is 13.1. The number of halogens is 7. The summed E-state index contributed by atoms with van der Waals surface area (Å²) in [7, 11) is 1.25. The van der Waals surface area contributed by atoms with E-state index in [0.717, 1.165) is 12.1 Å². The van der Waals surface area contributed by atoms with Crippen LogP contribution in [0, 0.1) is 5.82 Å².